The fourth-order valence-electron chi connectivity index (χ4n) is 3.53. The predicted octanol–water partition coefficient (Wildman–Crippen LogP) is 8.47. The molecule has 0 aliphatic rings. The first-order valence-corrected chi connectivity index (χ1v) is 12.6. The van der Waals surface area contributed by atoms with E-state index in [0.29, 0.717) is 0 Å². The zero-order chi connectivity index (χ0) is 19.7. The summed E-state index contributed by atoms with van der Waals surface area (Å²) in [5, 5.41) is 0. The maximum Gasteiger partial charge on any atom is 0.0700 e. The fourth-order valence-corrected chi connectivity index (χ4v) is 3.53. The average Bonchev–Trinajstić information content (AvgIpc) is 2.68. The van der Waals surface area contributed by atoms with Gasteiger partial charge in [-0.1, -0.05) is 123 Å². The molecule has 0 aromatic heterocycles. The van der Waals surface area contributed by atoms with Gasteiger partial charge in [-0.3, -0.25) is 0 Å². The molecule has 0 aromatic rings. The minimum absolute atomic E-state index is 0.772. The number of ether oxygens (including phenoxy) is 2. The largest absolute Gasteiger partial charge is 0.379 e. The number of unbranched alkanes of at least 4 members (excludes halogenated alkanes) is 17. The van der Waals surface area contributed by atoms with Gasteiger partial charge in [0.15, 0.2) is 0 Å². The molecule has 164 valence electrons. The van der Waals surface area contributed by atoms with E-state index < -0.39 is 0 Å². The van der Waals surface area contributed by atoms with Crippen LogP contribution in [0.1, 0.15) is 136 Å². The number of hydrogen-bond acceptors (Lipinski definition) is 2. The van der Waals surface area contributed by atoms with Gasteiger partial charge in [-0.25, -0.2) is 0 Å². The summed E-state index contributed by atoms with van der Waals surface area (Å²) in [6, 6.07) is 0. The third kappa shape index (κ3) is 25.9. The van der Waals surface area contributed by atoms with Crippen LogP contribution in [0.25, 0.3) is 0 Å². The Bertz CT molecular complexity index is 218. The number of hydrogen-bond donors (Lipinski definition) is 0. The maximum atomic E-state index is 5.67. The lowest BCUT2D eigenvalue weighted by molar-refractivity contribution is 0.0448. The highest BCUT2D eigenvalue weighted by atomic mass is 16.5. The Morgan fingerprint density at radius 3 is 0.852 bits per heavy atom. The van der Waals surface area contributed by atoms with Gasteiger partial charge in [0, 0.05) is 13.2 Å². The van der Waals surface area contributed by atoms with Crippen molar-refractivity contribution >= 4 is 0 Å². The zero-order valence-corrected chi connectivity index (χ0v) is 19.1. The second kappa shape index (κ2) is 25.9. The lowest BCUT2D eigenvalue weighted by Crippen LogP contribution is -2.06. The molecule has 0 N–H and O–H groups in total. The van der Waals surface area contributed by atoms with Crippen molar-refractivity contribution in [3.63, 3.8) is 0 Å². The summed E-state index contributed by atoms with van der Waals surface area (Å²) in [5.74, 6) is 0. The van der Waals surface area contributed by atoms with E-state index in [1.807, 2.05) is 0 Å². The van der Waals surface area contributed by atoms with Gasteiger partial charge in [-0.15, -0.1) is 0 Å². The summed E-state index contributed by atoms with van der Waals surface area (Å²) >= 11 is 0. The summed E-state index contributed by atoms with van der Waals surface area (Å²) in [6.45, 7) is 7.93. The number of rotatable bonds is 24. The topological polar surface area (TPSA) is 18.5 Å². The SMILES string of the molecule is CCCCCCCCCCCCCCOCCOCCCCCCCCC. The van der Waals surface area contributed by atoms with Crippen molar-refractivity contribution in [3.8, 4) is 0 Å². The molecule has 0 aliphatic heterocycles. The molecule has 27 heavy (non-hydrogen) atoms. The van der Waals surface area contributed by atoms with Crippen LogP contribution in [0.4, 0.5) is 0 Å². The molecular formula is C25H52O2. The zero-order valence-electron chi connectivity index (χ0n) is 19.1. The van der Waals surface area contributed by atoms with Crippen LogP contribution >= 0.6 is 0 Å². The Hall–Kier alpha value is -0.0800. The van der Waals surface area contributed by atoms with Crippen LogP contribution in [0.3, 0.4) is 0 Å². The van der Waals surface area contributed by atoms with Crippen molar-refractivity contribution in [2.24, 2.45) is 0 Å². The second-order valence-corrected chi connectivity index (χ2v) is 8.24. The van der Waals surface area contributed by atoms with Crippen molar-refractivity contribution in [2.75, 3.05) is 26.4 Å². The lowest BCUT2D eigenvalue weighted by atomic mass is 10.1. The summed E-state index contributed by atoms with van der Waals surface area (Å²) < 4.78 is 11.3. The summed E-state index contributed by atoms with van der Waals surface area (Å²) in [5.41, 5.74) is 0. The molecule has 0 atom stereocenters. The maximum absolute atomic E-state index is 5.67. The molecule has 0 saturated heterocycles. The van der Waals surface area contributed by atoms with Gasteiger partial charge >= 0.3 is 0 Å². The van der Waals surface area contributed by atoms with Gasteiger partial charge in [0.05, 0.1) is 13.2 Å². The molecule has 0 spiro atoms. The Morgan fingerprint density at radius 1 is 0.296 bits per heavy atom. The van der Waals surface area contributed by atoms with Crippen molar-refractivity contribution in [1.82, 2.24) is 0 Å². The molecule has 0 aromatic carbocycles. The van der Waals surface area contributed by atoms with E-state index in [2.05, 4.69) is 13.8 Å². The smallest absolute Gasteiger partial charge is 0.0700 e. The Balaban J connectivity index is 2.95. The van der Waals surface area contributed by atoms with Crippen molar-refractivity contribution in [2.45, 2.75) is 136 Å². The van der Waals surface area contributed by atoms with Crippen LogP contribution in [0, 0.1) is 0 Å². The first-order valence-electron chi connectivity index (χ1n) is 12.6. The second-order valence-electron chi connectivity index (χ2n) is 8.24. The quantitative estimate of drug-likeness (QED) is 0.155. The fraction of sp³-hybridized carbons (Fsp3) is 1.00. The lowest BCUT2D eigenvalue weighted by Gasteiger charge is -2.06. The van der Waals surface area contributed by atoms with Crippen molar-refractivity contribution < 1.29 is 9.47 Å². The Kier molecular flexibility index (Phi) is 25.8. The van der Waals surface area contributed by atoms with Crippen LogP contribution in [-0.4, -0.2) is 26.4 Å². The van der Waals surface area contributed by atoms with Gasteiger partial charge in [0.1, 0.15) is 0 Å². The van der Waals surface area contributed by atoms with Crippen LogP contribution in [-0.2, 0) is 9.47 Å². The highest BCUT2D eigenvalue weighted by Crippen LogP contribution is 2.12. The van der Waals surface area contributed by atoms with Crippen LogP contribution in [0.2, 0.25) is 0 Å². The van der Waals surface area contributed by atoms with Gasteiger partial charge in [-0.05, 0) is 12.8 Å². The van der Waals surface area contributed by atoms with E-state index >= 15 is 0 Å². The third-order valence-electron chi connectivity index (χ3n) is 5.41. The molecule has 0 unspecified atom stereocenters. The van der Waals surface area contributed by atoms with E-state index in [1.165, 1.54) is 122 Å². The molecule has 0 fully saturated rings. The summed E-state index contributed by atoms with van der Waals surface area (Å²) in [7, 11) is 0. The van der Waals surface area contributed by atoms with Gasteiger partial charge in [0.25, 0.3) is 0 Å². The minimum atomic E-state index is 0.772. The van der Waals surface area contributed by atoms with Crippen molar-refractivity contribution in [3.05, 3.63) is 0 Å². The molecule has 0 amide bonds. The van der Waals surface area contributed by atoms with Gasteiger partial charge in [0.2, 0.25) is 0 Å². The molecule has 0 heterocycles. The predicted molar refractivity (Wildman–Crippen MR) is 121 cm³/mol. The highest BCUT2D eigenvalue weighted by Gasteiger charge is 1.95. The van der Waals surface area contributed by atoms with Crippen molar-refractivity contribution in [1.29, 1.82) is 0 Å². The first kappa shape index (κ1) is 26.9. The van der Waals surface area contributed by atoms with E-state index in [1.54, 1.807) is 0 Å². The molecule has 2 nitrogen and oxygen atoms in total. The van der Waals surface area contributed by atoms with Crippen LogP contribution < -0.4 is 0 Å². The Morgan fingerprint density at radius 2 is 0.556 bits per heavy atom. The van der Waals surface area contributed by atoms with E-state index in [0.717, 1.165) is 26.4 Å². The summed E-state index contributed by atoms with van der Waals surface area (Å²) in [6.07, 6.45) is 26.2. The molecule has 0 bridgehead atoms. The van der Waals surface area contributed by atoms with Gasteiger partial charge < -0.3 is 9.47 Å². The Labute approximate surface area is 172 Å². The standard InChI is InChI=1S/C25H52O2/c1-3-5-7-9-11-12-13-14-15-17-19-21-23-27-25-24-26-22-20-18-16-10-8-6-4-2/h3-25H2,1-2H3. The van der Waals surface area contributed by atoms with Gasteiger partial charge in [-0.2, -0.15) is 0 Å². The molecule has 0 rings (SSSR count). The normalized spacial score (nSPS) is 11.3. The third-order valence-corrected chi connectivity index (χ3v) is 5.41. The van der Waals surface area contributed by atoms with Crippen LogP contribution in [0.5, 0.6) is 0 Å². The summed E-state index contributed by atoms with van der Waals surface area (Å²) in [4.78, 5) is 0. The van der Waals surface area contributed by atoms with E-state index in [-0.39, 0.29) is 0 Å². The van der Waals surface area contributed by atoms with Crippen LogP contribution in [0.15, 0.2) is 0 Å². The van der Waals surface area contributed by atoms with E-state index in [4.69, 9.17) is 9.47 Å². The van der Waals surface area contributed by atoms with E-state index in [9.17, 15) is 0 Å². The minimum Gasteiger partial charge on any atom is -0.379 e. The molecular weight excluding hydrogens is 332 g/mol. The first-order chi connectivity index (χ1) is 13.4. The average molecular weight is 385 g/mol. The highest BCUT2D eigenvalue weighted by molar-refractivity contribution is 4.49. The molecule has 0 aliphatic carbocycles. The molecule has 0 radical (unpaired) electrons. The monoisotopic (exact) mass is 384 g/mol. The molecule has 2 heteroatoms. The molecule has 0 saturated carbocycles.